The molecule has 0 atom stereocenters. The Labute approximate surface area is 172 Å². The molecule has 0 aliphatic heterocycles. The molecule has 2 N–H and O–H groups in total. The minimum atomic E-state index is -0.542. The Morgan fingerprint density at radius 2 is 1.48 bits per heavy atom. The highest BCUT2D eigenvalue weighted by Gasteiger charge is 2.14. The Kier molecular flexibility index (Phi) is 6.26. The fourth-order valence-corrected chi connectivity index (χ4v) is 2.80. The number of ether oxygens (including phenoxy) is 1. The van der Waals surface area contributed by atoms with Crippen LogP contribution in [0.2, 0.25) is 5.02 Å². The lowest BCUT2D eigenvalue weighted by atomic mass is 10.1. The van der Waals surface area contributed by atoms with Crippen LogP contribution in [0, 0.1) is 0 Å². The van der Waals surface area contributed by atoms with Gasteiger partial charge in [-0.3, -0.25) is 9.59 Å². The number of hydrogen-bond donors (Lipinski definition) is 2. The van der Waals surface area contributed by atoms with Gasteiger partial charge < -0.3 is 15.4 Å². The number of carbonyl (C=O) groups is 3. The maximum absolute atomic E-state index is 12.5. The average molecular weight is 409 g/mol. The molecule has 0 aromatic heterocycles. The van der Waals surface area contributed by atoms with Crippen molar-refractivity contribution in [1.29, 1.82) is 0 Å². The minimum Gasteiger partial charge on any atom is -0.465 e. The van der Waals surface area contributed by atoms with E-state index in [4.69, 9.17) is 16.3 Å². The summed E-state index contributed by atoms with van der Waals surface area (Å²) in [6.45, 7) is 0. The highest BCUT2D eigenvalue weighted by molar-refractivity contribution is 6.31. The van der Waals surface area contributed by atoms with Crippen LogP contribution in [0.25, 0.3) is 0 Å². The lowest BCUT2D eigenvalue weighted by Gasteiger charge is -2.10. The minimum absolute atomic E-state index is 0.258. The van der Waals surface area contributed by atoms with Crippen molar-refractivity contribution >= 4 is 40.8 Å². The standard InChI is InChI=1S/C22H17ClN2O4/c1-29-22(28)18-7-2-3-8-19(18)25-20(26)14-9-11-17(12-10-14)24-21(27)15-5-4-6-16(23)13-15/h2-13H,1H3,(H,24,27)(H,25,26). The molecule has 0 heterocycles. The molecule has 0 fully saturated rings. The van der Waals surface area contributed by atoms with E-state index in [0.29, 0.717) is 27.5 Å². The zero-order chi connectivity index (χ0) is 20.8. The second kappa shape index (κ2) is 9.03. The summed E-state index contributed by atoms with van der Waals surface area (Å²) in [5, 5.41) is 5.90. The van der Waals surface area contributed by atoms with Gasteiger partial charge in [0.15, 0.2) is 0 Å². The summed E-state index contributed by atoms with van der Waals surface area (Å²) >= 11 is 5.90. The van der Waals surface area contributed by atoms with Crippen molar-refractivity contribution in [1.82, 2.24) is 0 Å². The van der Waals surface area contributed by atoms with E-state index in [2.05, 4.69) is 10.6 Å². The van der Waals surface area contributed by atoms with Crippen molar-refractivity contribution in [2.24, 2.45) is 0 Å². The highest BCUT2D eigenvalue weighted by atomic mass is 35.5. The number of amides is 2. The highest BCUT2D eigenvalue weighted by Crippen LogP contribution is 2.19. The van der Waals surface area contributed by atoms with Gasteiger partial charge in [0.2, 0.25) is 0 Å². The van der Waals surface area contributed by atoms with Gasteiger partial charge >= 0.3 is 5.97 Å². The van der Waals surface area contributed by atoms with E-state index in [1.54, 1.807) is 72.8 Å². The van der Waals surface area contributed by atoms with Crippen molar-refractivity contribution < 1.29 is 19.1 Å². The number of benzene rings is 3. The topological polar surface area (TPSA) is 84.5 Å². The molecule has 3 aromatic rings. The number of rotatable bonds is 5. The van der Waals surface area contributed by atoms with Crippen molar-refractivity contribution in [2.75, 3.05) is 17.7 Å². The first-order chi connectivity index (χ1) is 14.0. The maximum Gasteiger partial charge on any atom is 0.339 e. The first-order valence-corrected chi connectivity index (χ1v) is 9.01. The first-order valence-electron chi connectivity index (χ1n) is 8.63. The third kappa shape index (κ3) is 5.00. The Bertz CT molecular complexity index is 1060. The van der Waals surface area contributed by atoms with E-state index >= 15 is 0 Å². The van der Waals surface area contributed by atoms with Gasteiger partial charge in [-0.05, 0) is 54.6 Å². The third-order valence-electron chi connectivity index (χ3n) is 4.07. The molecule has 2 amide bonds. The van der Waals surface area contributed by atoms with Crippen LogP contribution in [0.15, 0.2) is 72.8 Å². The zero-order valence-electron chi connectivity index (χ0n) is 15.4. The largest absolute Gasteiger partial charge is 0.465 e. The van der Waals surface area contributed by atoms with E-state index < -0.39 is 11.9 Å². The molecule has 6 nitrogen and oxygen atoms in total. The molecule has 0 saturated heterocycles. The molecule has 0 unspecified atom stereocenters. The summed E-state index contributed by atoms with van der Waals surface area (Å²) in [7, 11) is 1.28. The van der Waals surface area contributed by atoms with Gasteiger partial charge in [0.1, 0.15) is 0 Å². The summed E-state index contributed by atoms with van der Waals surface area (Å²) in [4.78, 5) is 36.6. The SMILES string of the molecule is COC(=O)c1ccccc1NC(=O)c1ccc(NC(=O)c2cccc(Cl)c2)cc1. The van der Waals surface area contributed by atoms with E-state index in [0.717, 1.165) is 0 Å². The van der Waals surface area contributed by atoms with Gasteiger partial charge in [-0.1, -0.05) is 29.8 Å². The molecule has 0 radical (unpaired) electrons. The molecule has 3 rings (SSSR count). The van der Waals surface area contributed by atoms with Crippen LogP contribution in [-0.2, 0) is 4.74 Å². The predicted octanol–water partition coefficient (Wildman–Crippen LogP) is 4.63. The molecule has 146 valence electrons. The van der Waals surface area contributed by atoms with Crippen LogP contribution in [0.4, 0.5) is 11.4 Å². The quantitative estimate of drug-likeness (QED) is 0.603. The number of carbonyl (C=O) groups excluding carboxylic acids is 3. The Morgan fingerprint density at radius 1 is 0.793 bits per heavy atom. The Morgan fingerprint density at radius 3 is 2.17 bits per heavy atom. The van der Waals surface area contributed by atoms with E-state index in [1.807, 2.05) is 0 Å². The maximum atomic E-state index is 12.5. The molecule has 29 heavy (non-hydrogen) atoms. The number of anilines is 2. The van der Waals surface area contributed by atoms with Gasteiger partial charge in [-0.2, -0.15) is 0 Å². The van der Waals surface area contributed by atoms with Crippen LogP contribution in [-0.4, -0.2) is 24.9 Å². The molecule has 3 aromatic carbocycles. The summed E-state index contributed by atoms with van der Waals surface area (Å²) in [5.74, 6) is -1.24. The number of esters is 1. The van der Waals surface area contributed by atoms with Crippen LogP contribution in [0.5, 0.6) is 0 Å². The lowest BCUT2D eigenvalue weighted by Crippen LogP contribution is -2.16. The average Bonchev–Trinajstić information content (AvgIpc) is 2.74. The van der Waals surface area contributed by atoms with Gasteiger partial charge in [0.05, 0.1) is 18.4 Å². The van der Waals surface area contributed by atoms with E-state index in [-0.39, 0.29) is 11.5 Å². The monoisotopic (exact) mass is 408 g/mol. The molecule has 0 aliphatic rings. The summed E-state index contributed by atoms with van der Waals surface area (Å²) in [6.07, 6.45) is 0. The number of para-hydroxylation sites is 1. The fourth-order valence-electron chi connectivity index (χ4n) is 2.61. The van der Waals surface area contributed by atoms with E-state index in [1.165, 1.54) is 7.11 Å². The third-order valence-corrected chi connectivity index (χ3v) is 4.31. The van der Waals surface area contributed by atoms with Crippen LogP contribution >= 0.6 is 11.6 Å². The molecule has 7 heteroatoms. The van der Waals surface area contributed by atoms with Gasteiger partial charge in [-0.25, -0.2) is 4.79 Å². The second-order valence-electron chi connectivity index (χ2n) is 6.03. The Hall–Kier alpha value is -3.64. The number of methoxy groups -OCH3 is 1. The molecular formula is C22H17ClN2O4. The fraction of sp³-hybridized carbons (Fsp3) is 0.0455. The van der Waals surface area contributed by atoms with E-state index in [9.17, 15) is 14.4 Å². The summed E-state index contributed by atoms with van der Waals surface area (Å²) in [5.41, 5.74) is 1.93. The zero-order valence-corrected chi connectivity index (χ0v) is 16.2. The molecule has 0 aliphatic carbocycles. The molecular weight excluding hydrogens is 392 g/mol. The van der Waals surface area contributed by atoms with Gasteiger partial charge in [-0.15, -0.1) is 0 Å². The first kappa shape index (κ1) is 20.1. The molecule has 0 saturated carbocycles. The summed E-state index contributed by atoms with van der Waals surface area (Å²) < 4.78 is 4.72. The normalized spacial score (nSPS) is 10.1. The number of hydrogen-bond acceptors (Lipinski definition) is 4. The van der Waals surface area contributed by atoms with Crippen molar-refractivity contribution in [2.45, 2.75) is 0 Å². The lowest BCUT2D eigenvalue weighted by molar-refractivity contribution is 0.0601. The second-order valence-corrected chi connectivity index (χ2v) is 6.47. The van der Waals surface area contributed by atoms with Gasteiger partial charge in [0, 0.05) is 21.8 Å². The number of nitrogens with one attached hydrogen (secondary N) is 2. The van der Waals surface area contributed by atoms with Crippen molar-refractivity contribution in [3.63, 3.8) is 0 Å². The number of halogens is 1. The predicted molar refractivity (Wildman–Crippen MR) is 112 cm³/mol. The van der Waals surface area contributed by atoms with Crippen LogP contribution in [0.3, 0.4) is 0 Å². The van der Waals surface area contributed by atoms with Gasteiger partial charge in [0.25, 0.3) is 11.8 Å². The van der Waals surface area contributed by atoms with Crippen LogP contribution in [0.1, 0.15) is 31.1 Å². The van der Waals surface area contributed by atoms with Crippen molar-refractivity contribution in [3.05, 3.63) is 94.5 Å². The molecule has 0 spiro atoms. The molecule has 0 bridgehead atoms. The summed E-state index contributed by atoms with van der Waals surface area (Å²) in [6, 6.07) is 19.5. The van der Waals surface area contributed by atoms with Crippen molar-refractivity contribution in [3.8, 4) is 0 Å². The van der Waals surface area contributed by atoms with Crippen LogP contribution < -0.4 is 10.6 Å². The smallest absolute Gasteiger partial charge is 0.339 e. The Balaban J connectivity index is 1.70.